The van der Waals surface area contributed by atoms with Gasteiger partial charge in [-0.15, -0.1) is 0 Å². The second kappa shape index (κ2) is 5.22. The molecule has 0 radical (unpaired) electrons. The number of phenols is 1. The molecule has 1 rings (SSSR count). The summed E-state index contributed by atoms with van der Waals surface area (Å²) < 4.78 is 1.10. The lowest BCUT2D eigenvalue weighted by Gasteiger charge is -2.22. The number of aryl methyl sites for hydroxylation is 1. The first-order valence-corrected chi connectivity index (χ1v) is 6.67. The molecule has 0 fully saturated rings. The normalized spacial score (nSPS) is 11.8. The van der Waals surface area contributed by atoms with Crippen LogP contribution in [0.25, 0.3) is 0 Å². The predicted molar refractivity (Wildman–Crippen MR) is 73.1 cm³/mol. The van der Waals surface area contributed by atoms with E-state index in [9.17, 15) is 5.11 Å². The predicted octanol–water partition coefficient (Wildman–Crippen LogP) is 4.79. The van der Waals surface area contributed by atoms with Gasteiger partial charge in [0.2, 0.25) is 0 Å². The summed E-state index contributed by atoms with van der Waals surface area (Å²) in [6, 6.07) is 3.96. The first-order valence-electron chi connectivity index (χ1n) is 5.88. The summed E-state index contributed by atoms with van der Waals surface area (Å²) in [5.74, 6) is 0.432. The lowest BCUT2D eigenvalue weighted by Crippen LogP contribution is -2.12. The maximum atomic E-state index is 9.98. The molecule has 0 aromatic heterocycles. The molecule has 1 aromatic rings. The van der Waals surface area contributed by atoms with Crippen molar-refractivity contribution in [3.63, 3.8) is 0 Å². The molecule has 0 aliphatic carbocycles. The summed E-state index contributed by atoms with van der Waals surface area (Å²) in [5, 5.41) is 9.98. The molecule has 0 saturated heterocycles. The lowest BCUT2D eigenvalue weighted by molar-refractivity contribution is 0.462. The minimum Gasteiger partial charge on any atom is -0.508 e. The zero-order valence-electron chi connectivity index (χ0n) is 10.6. The molecule has 1 aromatic carbocycles. The SMILES string of the molecule is CCCCc1cc(Br)c(C(C)(C)C)cc1O. The van der Waals surface area contributed by atoms with Gasteiger partial charge in [0.1, 0.15) is 5.75 Å². The van der Waals surface area contributed by atoms with Crippen molar-refractivity contribution in [3.8, 4) is 5.75 Å². The molecule has 0 saturated carbocycles. The van der Waals surface area contributed by atoms with Gasteiger partial charge in [-0.25, -0.2) is 0 Å². The van der Waals surface area contributed by atoms with Crippen LogP contribution in [0.5, 0.6) is 5.75 Å². The van der Waals surface area contributed by atoms with E-state index in [1.54, 1.807) is 0 Å². The Hall–Kier alpha value is -0.500. The fraction of sp³-hybridized carbons (Fsp3) is 0.571. The zero-order valence-corrected chi connectivity index (χ0v) is 12.2. The quantitative estimate of drug-likeness (QED) is 0.846. The second-order valence-corrected chi connectivity index (χ2v) is 6.17. The van der Waals surface area contributed by atoms with Gasteiger partial charge in [0.25, 0.3) is 0 Å². The topological polar surface area (TPSA) is 20.2 Å². The van der Waals surface area contributed by atoms with Gasteiger partial charge in [-0.05, 0) is 41.5 Å². The first kappa shape index (κ1) is 13.6. The minimum atomic E-state index is 0.0552. The fourth-order valence-corrected chi connectivity index (χ4v) is 2.73. The summed E-state index contributed by atoms with van der Waals surface area (Å²) in [5.41, 5.74) is 2.26. The average molecular weight is 285 g/mol. The van der Waals surface area contributed by atoms with Crippen molar-refractivity contribution >= 4 is 15.9 Å². The third-order valence-electron chi connectivity index (χ3n) is 2.78. The molecule has 0 aliphatic rings. The Bertz CT molecular complexity index is 364. The number of rotatable bonds is 3. The van der Waals surface area contributed by atoms with Crippen LogP contribution in [-0.2, 0) is 11.8 Å². The van der Waals surface area contributed by atoms with Crippen LogP contribution in [0.15, 0.2) is 16.6 Å². The molecule has 0 aliphatic heterocycles. The number of phenolic OH excluding ortho intramolecular Hbond substituents is 1. The summed E-state index contributed by atoms with van der Waals surface area (Å²) in [6.45, 7) is 8.62. The van der Waals surface area contributed by atoms with E-state index in [0.29, 0.717) is 5.75 Å². The number of hydrogen-bond acceptors (Lipinski definition) is 1. The maximum Gasteiger partial charge on any atom is 0.119 e. The standard InChI is InChI=1S/C14H21BrO/c1-5-6-7-10-8-12(15)11(9-13(10)16)14(2,3)4/h8-9,16H,5-7H2,1-4H3. The molecule has 0 heterocycles. The summed E-state index contributed by atoms with van der Waals surface area (Å²) >= 11 is 3.60. The molecule has 0 spiro atoms. The maximum absolute atomic E-state index is 9.98. The molecule has 1 N–H and O–H groups in total. The minimum absolute atomic E-state index is 0.0552. The number of benzene rings is 1. The van der Waals surface area contributed by atoms with Gasteiger partial charge in [0, 0.05) is 4.47 Å². The van der Waals surface area contributed by atoms with Crippen molar-refractivity contribution in [1.82, 2.24) is 0 Å². The molecular weight excluding hydrogens is 264 g/mol. The van der Waals surface area contributed by atoms with Crippen LogP contribution in [0, 0.1) is 0 Å². The molecule has 16 heavy (non-hydrogen) atoms. The Balaban J connectivity index is 3.07. The van der Waals surface area contributed by atoms with E-state index in [1.165, 1.54) is 0 Å². The van der Waals surface area contributed by atoms with Gasteiger partial charge >= 0.3 is 0 Å². The highest BCUT2D eigenvalue weighted by molar-refractivity contribution is 9.10. The Morgan fingerprint density at radius 1 is 1.25 bits per heavy atom. The van der Waals surface area contributed by atoms with Crippen LogP contribution >= 0.6 is 15.9 Å². The van der Waals surface area contributed by atoms with Crippen LogP contribution in [-0.4, -0.2) is 5.11 Å². The van der Waals surface area contributed by atoms with Gasteiger partial charge in [0.05, 0.1) is 0 Å². The van der Waals surface area contributed by atoms with Gasteiger partial charge in [-0.3, -0.25) is 0 Å². The average Bonchev–Trinajstić information content (AvgIpc) is 2.17. The molecule has 0 unspecified atom stereocenters. The highest BCUT2D eigenvalue weighted by atomic mass is 79.9. The van der Waals surface area contributed by atoms with Crippen molar-refractivity contribution in [2.45, 2.75) is 52.4 Å². The van der Waals surface area contributed by atoms with Crippen molar-refractivity contribution in [1.29, 1.82) is 0 Å². The fourth-order valence-electron chi connectivity index (χ4n) is 1.75. The lowest BCUT2D eigenvalue weighted by atomic mass is 9.86. The first-order chi connectivity index (χ1) is 7.36. The highest BCUT2D eigenvalue weighted by Crippen LogP contribution is 2.35. The van der Waals surface area contributed by atoms with Crippen molar-refractivity contribution in [3.05, 3.63) is 27.7 Å². The Morgan fingerprint density at radius 2 is 1.88 bits per heavy atom. The van der Waals surface area contributed by atoms with Crippen molar-refractivity contribution < 1.29 is 5.11 Å². The Labute approximate surface area is 107 Å². The monoisotopic (exact) mass is 284 g/mol. The smallest absolute Gasteiger partial charge is 0.119 e. The van der Waals surface area contributed by atoms with E-state index in [-0.39, 0.29) is 5.41 Å². The van der Waals surface area contributed by atoms with Gasteiger partial charge in [0.15, 0.2) is 0 Å². The second-order valence-electron chi connectivity index (χ2n) is 5.31. The zero-order chi connectivity index (χ0) is 12.3. The number of unbranched alkanes of at least 4 members (excludes halogenated alkanes) is 1. The van der Waals surface area contributed by atoms with Crippen LogP contribution in [0.2, 0.25) is 0 Å². The van der Waals surface area contributed by atoms with E-state index in [0.717, 1.165) is 34.9 Å². The summed E-state index contributed by atoms with van der Waals surface area (Å²) in [6.07, 6.45) is 3.22. The van der Waals surface area contributed by atoms with Crippen LogP contribution in [0.1, 0.15) is 51.7 Å². The third kappa shape index (κ3) is 3.24. The molecule has 90 valence electrons. The number of hydrogen-bond donors (Lipinski definition) is 1. The Morgan fingerprint density at radius 3 is 2.38 bits per heavy atom. The molecular formula is C14H21BrO. The van der Waals surface area contributed by atoms with E-state index in [4.69, 9.17) is 0 Å². The molecule has 0 atom stereocenters. The van der Waals surface area contributed by atoms with Crippen LogP contribution in [0.3, 0.4) is 0 Å². The summed E-state index contributed by atoms with van der Waals surface area (Å²) in [4.78, 5) is 0. The van der Waals surface area contributed by atoms with Crippen LogP contribution < -0.4 is 0 Å². The summed E-state index contributed by atoms with van der Waals surface area (Å²) in [7, 11) is 0. The molecule has 0 amide bonds. The van der Waals surface area contributed by atoms with Crippen LogP contribution in [0.4, 0.5) is 0 Å². The third-order valence-corrected chi connectivity index (χ3v) is 3.43. The van der Waals surface area contributed by atoms with Crippen molar-refractivity contribution in [2.24, 2.45) is 0 Å². The molecule has 0 bridgehead atoms. The number of aromatic hydroxyl groups is 1. The largest absolute Gasteiger partial charge is 0.508 e. The van der Waals surface area contributed by atoms with E-state index < -0.39 is 0 Å². The van der Waals surface area contributed by atoms with Gasteiger partial charge < -0.3 is 5.11 Å². The Kier molecular flexibility index (Phi) is 4.43. The molecule has 1 nitrogen and oxygen atoms in total. The highest BCUT2D eigenvalue weighted by Gasteiger charge is 2.19. The van der Waals surface area contributed by atoms with E-state index >= 15 is 0 Å². The van der Waals surface area contributed by atoms with E-state index in [2.05, 4.69) is 49.7 Å². The number of halogens is 1. The molecule has 2 heteroatoms. The van der Waals surface area contributed by atoms with Crippen molar-refractivity contribution in [2.75, 3.05) is 0 Å². The van der Waals surface area contributed by atoms with Gasteiger partial charge in [-0.2, -0.15) is 0 Å². The van der Waals surface area contributed by atoms with Gasteiger partial charge in [-0.1, -0.05) is 50.0 Å². The van der Waals surface area contributed by atoms with E-state index in [1.807, 2.05) is 6.07 Å².